The Morgan fingerprint density at radius 2 is 1.75 bits per heavy atom. The topological polar surface area (TPSA) is 71.3 Å². The molecule has 0 bridgehead atoms. The summed E-state index contributed by atoms with van der Waals surface area (Å²) in [6.45, 7) is 11.5. The van der Waals surface area contributed by atoms with Gasteiger partial charge in [0.15, 0.2) is 0 Å². The van der Waals surface area contributed by atoms with Gasteiger partial charge in [-0.1, -0.05) is 27.7 Å². The predicted molar refractivity (Wildman–Crippen MR) is 117 cm³/mol. The zero-order valence-corrected chi connectivity index (χ0v) is 17.7. The largest absolute Gasteiger partial charge is 0.488 e. The van der Waals surface area contributed by atoms with E-state index in [1.807, 2.05) is 12.1 Å². The van der Waals surface area contributed by atoms with Gasteiger partial charge in [0, 0.05) is 30.7 Å². The Labute approximate surface area is 168 Å². The normalized spacial score (nSPS) is 20.4. The van der Waals surface area contributed by atoms with Crippen LogP contribution in [0.2, 0.25) is 0 Å². The van der Waals surface area contributed by atoms with Crippen LogP contribution in [0.15, 0.2) is 29.2 Å². The van der Waals surface area contributed by atoms with Crippen molar-refractivity contribution in [2.24, 2.45) is 11.8 Å². The van der Waals surface area contributed by atoms with Crippen molar-refractivity contribution in [3.8, 4) is 5.75 Å². The molecule has 1 saturated carbocycles. The number of nitrogens with two attached hydrogens (primary N) is 1. The quantitative estimate of drug-likeness (QED) is 0.692. The number of benzene rings is 1. The molecular weight excluding hydrogens is 350 g/mol. The second kappa shape index (κ2) is 8.99. The molecular formula is C23H35N3O2. The lowest BCUT2D eigenvalue weighted by molar-refractivity contribution is 0.0748. The molecule has 1 heterocycles. The van der Waals surface area contributed by atoms with Gasteiger partial charge in [0.25, 0.3) is 5.56 Å². The molecule has 154 valence electrons. The molecule has 1 aliphatic rings. The van der Waals surface area contributed by atoms with Crippen LogP contribution in [-0.4, -0.2) is 35.1 Å². The van der Waals surface area contributed by atoms with Crippen molar-refractivity contribution < 1.29 is 4.74 Å². The number of hydrogen-bond donors (Lipinski definition) is 2. The van der Waals surface area contributed by atoms with E-state index in [0.29, 0.717) is 34.7 Å². The van der Waals surface area contributed by atoms with E-state index in [1.165, 1.54) is 13.1 Å². The van der Waals surface area contributed by atoms with Crippen molar-refractivity contribution >= 4 is 16.5 Å². The molecule has 0 amide bonds. The summed E-state index contributed by atoms with van der Waals surface area (Å²) in [5, 5.41) is 1.47. The Hall–Kier alpha value is -2.01. The van der Waals surface area contributed by atoms with Crippen molar-refractivity contribution in [3.63, 3.8) is 0 Å². The van der Waals surface area contributed by atoms with Crippen LogP contribution in [0.3, 0.4) is 0 Å². The minimum atomic E-state index is -0.119. The molecule has 0 atom stereocenters. The number of hydrogen-bond acceptors (Lipinski definition) is 4. The summed E-state index contributed by atoms with van der Waals surface area (Å²) in [7, 11) is 0. The lowest BCUT2D eigenvalue weighted by Gasteiger charge is -2.38. The van der Waals surface area contributed by atoms with E-state index in [-0.39, 0.29) is 11.7 Å². The number of ether oxygens (including phenoxy) is 1. The van der Waals surface area contributed by atoms with Crippen molar-refractivity contribution in [2.75, 3.05) is 18.8 Å². The Kier molecular flexibility index (Phi) is 6.65. The molecule has 0 aliphatic heterocycles. The van der Waals surface area contributed by atoms with Crippen molar-refractivity contribution in [1.29, 1.82) is 0 Å². The molecule has 1 fully saturated rings. The van der Waals surface area contributed by atoms with Crippen molar-refractivity contribution in [2.45, 2.75) is 65.5 Å². The maximum atomic E-state index is 11.9. The predicted octanol–water partition coefficient (Wildman–Crippen LogP) is 4.41. The van der Waals surface area contributed by atoms with Gasteiger partial charge in [0.05, 0.1) is 11.8 Å². The van der Waals surface area contributed by atoms with E-state index in [2.05, 4.69) is 37.6 Å². The highest BCUT2D eigenvalue weighted by atomic mass is 16.5. The van der Waals surface area contributed by atoms with Crippen LogP contribution >= 0.6 is 0 Å². The van der Waals surface area contributed by atoms with Crippen LogP contribution in [-0.2, 0) is 0 Å². The summed E-state index contributed by atoms with van der Waals surface area (Å²) < 4.78 is 6.27. The molecule has 0 unspecified atom stereocenters. The third kappa shape index (κ3) is 5.07. The lowest BCUT2D eigenvalue weighted by atomic mass is 9.90. The van der Waals surface area contributed by atoms with Gasteiger partial charge in [-0.05, 0) is 61.1 Å². The highest BCUT2D eigenvalue weighted by molar-refractivity contribution is 5.87. The van der Waals surface area contributed by atoms with E-state index in [1.54, 1.807) is 12.3 Å². The van der Waals surface area contributed by atoms with E-state index < -0.39 is 0 Å². The van der Waals surface area contributed by atoms with Gasteiger partial charge in [-0.2, -0.15) is 0 Å². The first-order valence-electron chi connectivity index (χ1n) is 10.6. The fourth-order valence-electron chi connectivity index (χ4n) is 4.35. The number of aromatic nitrogens is 1. The van der Waals surface area contributed by atoms with Gasteiger partial charge in [-0.3, -0.25) is 9.69 Å². The Morgan fingerprint density at radius 3 is 2.36 bits per heavy atom. The molecule has 3 N–H and O–H groups in total. The minimum absolute atomic E-state index is 0.119. The number of nitrogens with one attached hydrogen (secondary N) is 1. The van der Waals surface area contributed by atoms with Crippen LogP contribution in [0.4, 0.5) is 5.69 Å². The van der Waals surface area contributed by atoms with Gasteiger partial charge < -0.3 is 15.5 Å². The van der Waals surface area contributed by atoms with Crippen LogP contribution in [0.25, 0.3) is 10.8 Å². The van der Waals surface area contributed by atoms with E-state index in [9.17, 15) is 4.79 Å². The Bertz CT molecular complexity index is 825. The molecule has 0 spiro atoms. The van der Waals surface area contributed by atoms with Crippen molar-refractivity contribution in [3.05, 3.63) is 34.7 Å². The van der Waals surface area contributed by atoms with E-state index in [0.717, 1.165) is 31.1 Å². The summed E-state index contributed by atoms with van der Waals surface area (Å²) in [4.78, 5) is 17.3. The molecule has 28 heavy (non-hydrogen) atoms. The molecule has 2 aromatic rings. The zero-order chi connectivity index (χ0) is 20.3. The van der Waals surface area contributed by atoms with E-state index >= 15 is 0 Å². The summed E-state index contributed by atoms with van der Waals surface area (Å²) in [5.74, 6) is 2.07. The fourth-order valence-corrected chi connectivity index (χ4v) is 4.35. The molecule has 0 saturated heterocycles. The minimum Gasteiger partial charge on any atom is -0.488 e. The molecule has 5 heteroatoms. The van der Waals surface area contributed by atoms with Gasteiger partial charge in [0.1, 0.15) is 5.75 Å². The lowest BCUT2D eigenvalue weighted by Crippen LogP contribution is -2.43. The average Bonchev–Trinajstić information content (AvgIpc) is 2.62. The highest BCUT2D eigenvalue weighted by Gasteiger charge is 2.28. The van der Waals surface area contributed by atoms with Gasteiger partial charge in [0.2, 0.25) is 0 Å². The molecule has 1 aliphatic carbocycles. The Morgan fingerprint density at radius 1 is 1.11 bits per heavy atom. The van der Waals surface area contributed by atoms with Gasteiger partial charge in [-0.15, -0.1) is 0 Å². The van der Waals surface area contributed by atoms with Crippen LogP contribution in [0.1, 0.15) is 53.4 Å². The average molecular weight is 386 g/mol. The first-order chi connectivity index (χ1) is 13.3. The number of pyridine rings is 1. The molecule has 1 aromatic heterocycles. The maximum absolute atomic E-state index is 11.9. The number of H-pyrrole nitrogens is 1. The third-order valence-electron chi connectivity index (χ3n) is 5.56. The van der Waals surface area contributed by atoms with Gasteiger partial charge >= 0.3 is 0 Å². The molecule has 1 aromatic carbocycles. The number of rotatable bonds is 7. The summed E-state index contributed by atoms with van der Waals surface area (Å²) >= 11 is 0. The second-order valence-electron chi connectivity index (χ2n) is 9.07. The summed E-state index contributed by atoms with van der Waals surface area (Å²) in [5.41, 5.74) is 6.59. The number of aromatic amines is 1. The smallest absolute Gasteiger partial charge is 0.255 e. The number of nitrogens with zero attached hydrogens (tertiary/aromatic N) is 1. The fraction of sp³-hybridized carbons (Fsp3) is 0.609. The SMILES string of the molecule is CC(C)CN(CC(C)C)[C@H]1CC[C@H](Oc2cc3cc[nH]c(=O)c3cc2N)CC1. The first-order valence-corrected chi connectivity index (χ1v) is 10.6. The number of nitrogen functional groups attached to an aromatic ring is 1. The highest BCUT2D eigenvalue weighted by Crippen LogP contribution is 2.32. The third-order valence-corrected chi connectivity index (χ3v) is 5.56. The van der Waals surface area contributed by atoms with Crippen LogP contribution in [0.5, 0.6) is 5.75 Å². The Balaban J connectivity index is 1.64. The number of fused-ring (bicyclic) bond motifs is 1. The standard InChI is InChI=1S/C23H35N3O2/c1-15(2)13-26(14-16(3)4)18-5-7-19(8-6-18)28-22-11-17-9-10-25-23(27)20(17)12-21(22)24/h9-12,15-16,18-19H,5-8,13-14,24H2,1-4H3,(H,25,27)/t18-,19-. The summed E-state index contributed by atoms with van der Waals surface area (Å²) in [6.07, 6.45) is 6.27. The molecule has 0 radical (unpaired) electrons. The number of anilines is 1. The maximum Gasteiger partial charge on any atom is 0.255 e. The first kappa shape index (κ1) is 20.7. The van der Waals surface area contributed by atoms with Gasteiger partial charge in [-0.25, -0.2) is 0 Å². The zero-order valence-electron chi connectivity index (χ0n) is 17.7. The molecule has 3 rings (SSSR count). The second-order valence-corrected chi connectivity index (χ2v) is 9.07. The van der Waals surface area contributed by atoms with E-state index in [4.69, 9.17) is 10.5 Å². The monoisotopic (exact) mass is 385 g/mol. The van der Waals surface area contributed by atoms with Crippen LogP contribution in [0, 0.1) is 11.8 Å². The van der Waals surface area contributed by atoms with Crippen LogP contribution < -0.4 is 16.0 Å². The van der Waals surface area contributed by atoms with Crippen molar-refractivity contribution in [1.82, 2.24) is 9.88 Å². The molecule has 5 nitrogen and oxygen atoms in total. The summed E-state index contributed by atoms with van der Waals surface area (Å²) in [6, 6.07) is 6.16.